The van der Waals surface area contributed by atoms with E-state index in [4.69, 9.17) is 0 Å². The molecule has 0 aliphatic heterocycles. The number of hydrogen-bond donors (Lipinski definition) is 1. The van der Waals surface area contributed by atoms with Gasteiger partial charge in [0.25, 0.3) is 0 Å². The number of nitrogens with one attached hydrogen (secondary N) is 1. The maximum absolute atomic E-state index is 4.40. The lowest BCUT2D eigenvalue weighted by atomic mass is 9.87. The van der Waals surface area contributed by atoms with Crippen LogP contribution in [0.1, 0.15) is 44.0 Å². The van der Waals surface area contributed by atoms with E-state index in [1.165, 1.54) is 25.7 Å². The molecule has 16 heavy (non-hydrogen) atoms. The second kappa shape index (κ2) is 4.76. The number of rotatable bonds is 2. The maximum Gasteiger partial charge on any atom is 0.243 e. The summed E-state index contributed by atoms with van der Waals surface area (Å²) in [5.41, 5.74) is 1.87. The minimum atomic E-state index is 0.528. The largest absolute Gasteiger partial charge is 0.350 e. The van der Waals surface area contributed by atoms with E-state index in [2.05, 4.69) is 27.4 Å². The molecule has 0 atom stereocenters. The molecule has 4 nitrogen and oxygen atoms in total. The fraction of sp³-hybridized carbons (Fsp3) is 0.750. The SMILES string of the molecule is Cc1nnc(NC2CCC(C)CC2)nc1C. The standard InChI is InChI=1S/C12H20N4/c1-8-4-6-11(7-5-8)14-12-13-9(2)10(3)15-16-12/h8,11H,4-7H2,1-3H3,(H,13,14,16). The van der Waals surface area contributed by atoms with Gasteiger partial charge in [0.1, 0.15) is 0 Å². The first kappa shape index (κ1) is 11.3. The fourth-order valence-electron chi connectivity index (χ4n) is 2.10. The third-order valence-corrected chi connectivity index (χ3v) is 3.44. The topological polar surface area (TPSA) is 50.7 Å². The molecule has 2 rings (SSSR count). The molecule has 1 aromatic rings. The number of aromatic nitrogens is 3. The van der Waals surface area contributed by atoms with Crippen LogP contribution in [0.15, 0.2) is 0 Å². The first-order chi connectivity index (χ1) is 7.65. The summed E-state index contributed by atoms with van der Waals surface area (Å²) in [7, 11) is 0. The van der Waals surface area contributed by atoms with E-state index in [9.17, 15) is 0 Å². The lowest BCUT2D eigenvalue weighted by Gasteiger charge is -2.26. The third kappa shape index (κ3) is 2.68. The second-order valence-corrected chi connectivity index (χ2v) is 4.91. The highest BCUT2D eigenvalue weighted by atomic mass is 15.2. The summed E-state index contributed by atoms with van der Waals surface area (Å²) in [5, 5.41) is 11.5. The van der Waals surface area contributed by atoms with Crippen molar-refractivity contribution in [3.63, 3.8) is 0 Å². The van der Waals surface area contributed by atoms with Gasteiger partial charge in [0, 0.05) is 6.04 Å². The molecule has 88 valence electrons. The smallest absolute Gasteiger partial charge is 0.243 e. The molecule has 1 N–H and O–H groups in total. The van der Waals surface area contributed by atoms with Crippen molar-refractivity contribution < 1.29 is 0 Å². The summed E-state index contributed by atoms with van der Waals surface area (Å²) in [4.78, 5) is 4.40. The summed E-state index contributed by atoms with van der Waals surface area (Å²) in [6.07, 6.45) is 5.04. The lowest BCUT2D eigenvalue weighted by Crippen LogP contribution is -2.26. The average molecular weight is 220 g/mol. The zero-order valence-electron chi connectivity index (χ0n) is 10.3. The molecule has 1 aliphatic carbocycles. The Morgan fingerprint density at radius 1 is 1.00 bits per heavy atom. The molecule has 1 aromatic heterocycles. The van der Waals surface area contributed by atoms with Crippen LogP contribution >= 0.6 is 0 Å². The molecule has 0 aromatic carbocycles. The monoisotopic (exact) mass is 220 g/mol. The van der Waals surface area contributed by atoms with E-state index in [0.717, 1.165) is 17.3 Å². The minimum absolute atomic E-state index is 0.528. The van der Waals surface area contributed by atoms with Crippen molar-refractivity contribution in [2.75, 3.05) is 5.32 Å². The van der Waals surface area contributed by atoms with Gasteiger partial charge >= 0.3 is 0 Å². The summed E-state index contributed by atoms with van der Waals surface area (Å²) >= 11 is 0. The van der Waals surface area contributed by atoms with Gasteiger partial charge in [-0.25, -0.2) is 4.98 Å². The fourth-order valence-corrected chi connectivity index (χ4v) is 2.10. The summed E-state index contributed by atoms with van der Waals surface area (Å²) in [6.45, 7) is 6.23. The van der Waals surface area contributed by atoms with Crippen LogP contribution in [0, 0.1) is 19.8 Å². The molecular formula is C12H20N4. The molecule has 1 saturated carbocycles. The van der Waals surface area contributed by atoms with Crippen LogP contribution in [0.25, 0.3) is 0 Å². The van der Waals surface area contributed by atoms with Crippen molar-refractivity contribution in [1.82, 2.24) is 15.2 Å². The van der Waals surface area contributed by atoms with Gasteiger partial charge in [-0.3, -0.25) is 0 Å². The molecule has 4 heteroatoms. The molecule has 0 saturated heterocycles. The Hall–Kier alpha value is -1.19. The Labute approximate surface area is 96.9 Å². The van der Waals surface area contributed by atoms with Gasteiger partial charge in [-0.05, 0) is 45.4 Å². The van der Waals surface area contributed by atoms with Crippen LogP contribution in [0.3, 0.4) is 0 Å². The summed E-state index contributed by atoms with van der Waals surface area (Å²) in [6, 6.07) is 0.528. The molecule has 0 radical (unpaired) electrons. The lowest BCUT2D eigenvalue weighted by molar-refractivity contribution is 0.360. The Bertz CT molecular complexity index is 356. The van der Waals surface area contributed by atoms with Gasteiger partial charge in [0.05, 0.1) is 11.4 Å². The molecule has 0 amide bonds. The van der Waals surface area contributed by atoms with Crippen LogP contribution in [0.5, 0.6) is 0 Å². The Balaban J connectivity index is 1.96. The van der Waals surface area contributed by atoms with E-state index >= 15 is 0 Å². The maximum atomic E-state index is 4.40. The summed E-state index contributed by atoms with van der Waals surface area (Å²) in [5.74, 6) is 1.56. The Kier molecular flexibility index (Phi) is 3.36. The molecule has 1 fully saturated rings. The number of aryl methyl sites for hydroxylation is 2. The Morgan fingerprint density at radius 3 is 2.31 bits per heavy atom. The van der Waals surface area contributed by atoms with Gasteiger partial charge in [0.15, 0.2) is 0 Å². The highest BCUT2D eigenvalue weighted by molar-refractivity contribution is 5.26. The van der Waals surface area contributed by atoms with Gasteiger partial charge in [-0.2, -0.15) is 5.10 Å². The van der Waals surface area contributed by atoms with Crippen LogP contribution in [0.4, 0.5) is 5.95 Å². The third-order valence-electron chi connectivity index (χ3n) is 3.44. The first-order valence-corrected chi connectivity index (χ1v) is 6.09. The predicted molar refractivity (Wildman–Crippen MR) is 64.3 cm³/mol. The molecule has 1 heterocycles. The van der Waals surface area contributed by atoms with Crippen molar-refractivity contribution >= 4 is 5.95 Å². The highest BCUT2D eigenvalue weighted by Crippen LogP contribution is 2.25. The second-order valence-electron chi connectivity index (χ2n) is 4.91. The number of anilines is 1. The van der Waals surface area contributed by atoms with Crippen molar-refractivity contribution in [1.29, 1.82) is 0 Å². The van der Waals surface area contributed by atoms with Gasteiger partial charge < -0.3 is 5.32 Å². The van der Waals surface area contributed by atoms with Crippen LogP contribution in [0.2, 0.25) is 0 Å². The zero-order valence-corrected chi connectivity index (χ0v) is 10.3. The molecular weight excluding hydrogens is 200 g/mol. The van der Waals surface area contributed by atoms with E-state index in [0.29, 0.717) is 12.0 Å². The quantitative estimate of drug-likeness (QED) is 0.832. The molecule has 1 aliphatic rings. The molecule has 0 spiro atoms. The van der Waals surface area contributed by atoms with Crippen LogP contribution in [-0.4, -0.2) is 21.2 Å². The van der Waals surface area contributed by atoms with Crippen molar-refractivity contribution in [2.45, 2.75) is 52.5 Å². The zero-order chi connectivity index (χ0) is 11.5. The van der Waals surface area contributed by atoms with Crippen molar-refractivity contribution in [3.05, 3.63) is 11.4 Å². The first-order valence-electron chi connectivity index (χ1n) is 6.09. The minimum Gasteiger partial charge on any atom is -0.350 e. The normalized spacial score (nSPS) is 25.4. The van der Waals surface area contributed by atoms with Gasteiger partial charge in [0.2, 0.25) is 5.95 Å². The number of hydrogen-bond acceptors (Lipinski definition) is 4. The van der Waals surface area contributed by atoms with E-state index in [-0.39, 0.29) is 0 Å². The molecule has 0 bridgehead atoms. The Morgan fingerprint density at radius 2 is 1.69 bits per heavy atom. The van der Waals surface area contributed by atoms with Crippen molar-refractivity contribution in [2.24, 2.45) is 5.92 Å². The van der Waals surface area contributed by atoms with E-state index in [1.54, 1.807) is 0 Å². The van der Waals surface area contributed by atoms with E-state index in [1.807, 2.05) is 13.8 Å². The van der Waals surface area contributed by atoms with Crippen LogP contribution < -0.4 is 5.32 Å². The van der Waals surface area contributed by atoms with Crippen molar-refractivity contribution in [3.8, 4) is 0 Å². The van der Waals surface area contributed by atoms with Gasteiger partial charge in [-0.15, -0.1) is 5.10 Å². The van der Waals surface area contributed by atoms with E-state index < -0.39 is 0 Å². The predicted octanol–water partition coefficient (Wildman–Crippen LogP) is 2.48. The highest BCUT2D eigenvalue weighted by Gasteiger charge is 2.18. The summed E-state index contributed by atoms with van der Waals surface area (Å²) < 4.78 is 0. The van der Waals surface area contributed by atoms with Crippen LogP contribution in [-0.2, 0) is 0 Å². The van der Waals surface area contributed by atoms with Gasteiger partial charge in [-0.1, -0.05) is 6.92 Å². The average Bonchev–Trinajstić information content (AvgIpc) is 2.27. The number of nitrogens with zero attached hydrogens (tertiary/aromatic N) is 3. The molecule has 0 unspecified atom stereocenters.